The number of carbonyl (C=O) groups is 1. The lowest BCUT2D eigenvalue weighted by molar-refractivity contribution is -0.115. The Labute approximate surface area is 82.4 Å². The van der Waals surface area contributed by atoms with Crippen LogP contribution in [0.5, 0.6) is 0 Å². The summed E-state index contributed by atoms with van der Waals surface area (Å²) in [4.78, 5) is 17.1. The number of fused-ring (bicyclic) bond motifs is 1. The van der Waals surface area contributed by atoms with Crippen molar-refractivity contribution in [1.82, 2.24) is 0 Å². The standard InChI is InChI=1S/C11H10N2O/c1-9(14)13-8-4-7-12-10-5-2-3-6-11(10)13/h2-8H,1H3. The number of benzene rings is 1. The first-order chi connectivity index (χ1) is 6.79. The second-order valence-electron chi connectivity index (χ2n) is 3.00. The van der Waals surface area contributed by atoms with Crippen LogP contribution < -0.4 is 4.90 Å². The third-order valence-corrected chi connectivity index (χ3v) is 2.02. The number of aliphatic imine (C=N–C) groups is 1. The molecule has 1 heterocycles. The minimum absolute atomic E-state index is 0.0146. The van der Waals surface area contributed by atoms with Crippen molar-refractivity contribution in [2.24, 2.45) is 4.99 Å². The topological polar surface area (TPSA) is 32.7 Å². The predicted octanol–water partition coefficient (Wildman–Crippen LogP) is 2.27. The van der Waals surface area contributed by atoms with Gasteiger partial charge in [-0.3, -0.25) is 14.7 Å². The number of rotatable bonds is 0. The minimum Gasteiger partial charge on any atom is -0.286 e. The van der Waals surface area contributed by atoms with E-state index < -0.39 is 0 Å². The average molecular weight is 186 g/mol. The van der Waals surface area contributed by atoms with Crippen molar-refractivity contribution in [2.45, 2.75) is 6.92 Å². The number of anilines is 1. The predicted molar refractivity (Wildman–Crippen MR) is 56.9 cm³/mol. The lowest BCUT2D eigenvalue weighted by Crippen LogP contribution is -2.21. The van der Waals surface area contributed by atoms with Crippen LogP contribution in [-0.4, -0.2) is 12.1 Å². The van der Waals surface area contributed by atoms with Crippen molar-refractivity contribution in [3.63, 3.8) is 0 Å². The molecule has 0 aliphatic carbocycles. The Balaban J connectivity index is 2.55. The summed E-state index contributed by atoms with van der Waals surface area (Å²) in [5, 5.41) is 0. The lowest BCUT2D eigenvalue weighted by atomic mass is 10.2. The Hall–Kier alpha value is -1.90. The summed E-state index contributed by atoms with van der Waals surface area (Å²) in [5.74, 6) is -0.0146. The Bertz CT molecular complexity index is 421. The van der Waals surface area contributed by atoms with Gasteiger partial charge >= 0.3 is 0 Å². The van der Waals surface area contributed by atoms with Crippen LogP contribution in [-0.2, 0) is 4.79 Å². The van der Waals surface area contributed by atoms with Gasteiger partial charge in [-0.1, -0.05) is 12.1 Å². The molecule has 0 unspecified atom stereocenters. The van der Waals surface area contributed by atoms with E-state index in [1.54, 1.807) is 23.4 Å². The van der Waals surface area contributed by atoms with Gasteiger partial charge in [-0.15, -0.1) is 0 Å². The molecule has 0 spiro atoms. The van der Waals surface area contributed by atoms with Crippen molar-refractivity contribution in [2.75, 3.05) is 4.90 Å². The molecule has 0 saturated carbocycles. The largest absolute Gasteiger partial charge is 0.286 e. The molecule has 2 rings (SSSR count). The summed E-state index contributed by atoms with van der Waals surface area (Å²) >= 11 is 0. The zero-order chi connectivity index (χ0) is 9.97. The van der Waals surface area contributed by atoms with Gasteiger partial charge < -0.3 is 0 Å². The van der Waals surface area contributed by atoms with Gasteiger partial charge in [-0.25, -0.2) is 0 Å². The summed E-state index contributed by atoms with van der Waals surface area (Å²) in [7, 11) is 0. The lowest BCUT2D eigenvalue weighted by Gasteiger charge is -2.16. The average Bonchev–Trinajstić information content (AvgIpc) is 2.39. The third-order valence-electron chi connectivity index (χ3n) is 2.02. The number of amides is 1. The molecule has 0 aromatic heterocycles. The van der Waals surface area contributed by atoms with Gasteiger partial charge in [0.25, 0.3) is 0 Å². The fourth-order valence-corrected chi connectivity index (χ4v) is 1.38. The van der Waals surface area contributed by atoms with E-state index in [0.717, 1.165) is 11.4 Å². The molecular weight excluding hydrogens is 176 g/mol. The van der Waals surface area contributed by atoms with Gasteiger partial charge in [0.1, 0.15) is 0 Å². The molecule has 1 aromatic carbocycles. The van der Waals surface area contributed by atoms with E-state index in [9.17, 15) is 4.79 Å². The molecule has 0 fully saturated rings. The van der Waals surface area contributed by atoms with Gasteiger partial charge in [-0.2, -0.15) is 0 Å². The van der Waals surface area contributed by atoms with Gasteiger partial charge in [0.2, 0.25) is 5.91 Å². The van der Waals surface area contributed by atoms with Gasteiger partial charge in [-0.05, 0) is 18.2 Å². The van der Waals surface area contributed by atoms with Crippen molar-refractivity contribution < 1.29 is 4.79 Å². The van der Waals surface area contributed by atoms with Crippen molar-refractivity contribution in [1.29, 1.82) is 0 Å². The highest BCUT2D eigenvalue weighted by atomic mass is 16.2. The fourth-order valence-electron chi connectivity index (χ4n) is 1.38. The molecule has 1 aromatic rings. The molecule has 3 heteroatoms. The summed E-state index contributed by atoms with van der Waals surface area (Å²) in [5.41, 5.74) is 1.64. The monoisotopic (exact) mass is 186 g/mol. The number of carbonyl (C=O) groups excluding carboxylic acids is 1. The molecule has 14 heavy (non-hydrogen) atoms. The van der Waals surface area contributed by atoms with E-state index in [2.05, 4.69) is 4.99 Å². The summed E-state index contributed by atoms with van der Waals surface area (Å²) in [6.45, 7) is 1.53. The number of hydrogen-bond acceptors (Lipinski definition) is 2. The molecule has 1 aliphatic rings. The number of allylic oxidation sites excluding steroid dienone is 1. The highest BCUT2D eigenvalue weighted by Gasteiger charge is 2.12. The van der Waals surface area contributed by atoms with E-state index in [1.807, 2.05) is 24.3 Å². The first kappa shape index (κ1) is 8.69. The Morgan fingerprint density at radius 1 is 1.36 bits per heavy atom. The van der Waals surface area contributed by atoms with Gasteiger partial charge in [0.05, 0.1) is 11.4 Å². The number of nitrogens with zero attached hydrogens (tertiary/aromatic N) is 2. The Kier molecular flexibility index (Phi) is 2.14. The highest BCUT2D eigenvalue weighted by Crippen LogP contribution is 2.29. The molecule has 0 bridgehead atoms. The molecule has 3 nitrogen and oxygen atoms in total. The maximum absolute atomic E-state index is 11.3. The molecule has 0 saturated heterocycles. The summed E-state index contributed by atoms with van der Waals surface area (Å²) in [6, 6.07) is 7.56. The van der Waals surface area contributed by atoms with E-state index in [0.29, 0.717) is 0 Å². The minimum atomic E-state index is -0.0146. The van der Waals surface area contributed by atoms with Gasteiger partial charge in [0.15, 0.2) is 0 Å². The molecule has 1 amide bonds. The van der Waals surface area contributed by atoms with Crippen molar-refractivity contribution >= 4 is 23.5 Å². The number of hydrogen-bond donors (Lipinski definition) is 0. The molecule has 0 radical (unpaired) electrons. The van der Waals surface area contributed by atoms with E-state index in [4.69, 9.17) is 0 Å². The van der Waals surface area contributed by atoms with Crippen LogP contribution in [0.2, 0.25) is 0 Å². The van der Waals surface area contributed by atoms with Crippen molar-refractivity contribution in [3.05, 3.63) is 36.5 Å². The zero-order valence-corrected chi connectivity index (χ0v) is 7.84. The maximum atomic E-state index is 11.3. The molecule has 1 aliphatic heterocycles. The fraction of sp³-hybridized carbons (Fsp3) is 0.0909. The summed E-state index contributed by atoms with van der Waals surface area (Å²) in [6.07, 6.45) is 5.15. The van der Waals surface area contributed by atoms with E-state index in [-0.39, 0.29) is 5.91 Å². The SMILES string of the molecule is CC(=O)N1C=CC=Nc2ccccc21. The second kappa shape index (κ2) is 3.46. The first-order valence-electron chi connectivity index (χ1n) is 4.39. The van der Waals surface area contributed by atoms with Crippen LogP contribution in [0.4, 0.5) is 11.4 Å². The van der Waals surface area contributed by atoms with Crippen LogP contribution in [0.3, 0.4) is 0 Å². The third kappa shape index (κ3) is 1.44. The Morgan fingerprint density at radius 3 is 2.93 bits per heavy atom. The first-order valence-corrected chi connectivity index (χ1v) is 4.39. The highest BCUT2D eigenvalue weighted by molar-refractivity contribution is 5.99. The smallest absolute Gasteiger partial charge is 0.227 e. The molecule has 0 atom stereocenters. The Morgan fingerprint density at radius 2 is 2.14 bits per heavy atom. The van der Waals surface area contributed by atoms with Crippen LogP contribution >= 0.6 is 0 Å². The van der Waals surface area contributed by atoms with Crippen LogP contribution in [0.15, 0.2) is 41.5 Å². The zero-order valence-electron chi connectivity index (χ0n) is 7.84. The molecule has 70 valence electrons. The molecular formula is C11H10N2O. The van der Waals surface area contributed by atoms with Crippen LogP contribution in [0, 0.1) is 0 Å². The normalized spacial score (nSPS) is 13.6. The van der Waals surface area contributed by atoms with Crippen LogP contribution in [0.25, 0.3) is 0 Å². The second-order valence-corrected chi connectivity index (χ2v) is 3.00. The van der Waals surface area contributed by atoms with E-state index >= 15 is 0 Å². The van der Waals surface area contributed by atoms with Crippen LogP contribution in [0.1, 0.15) is 6.92 Å². The quantitative estimate of drug-likeness (QED) is 0.611. The summed E-state index contributed by atoms with van der Waals surface area (Å²) < 4.78 is 0. The maximum Gasteiger partial charge on any atom is 0.227 e. The molecule has 0 N–H and O–H groups in total. The van der Waals surface area contributed by atoms with E-state index in [1.165, 1.54) is 6.92 Å². The van der Waals surface area contributed by atoms with Gasteiger partial charge in [0, 0.05) is 19.3 Å². The number of para-hydroxylation sites is 2. The van der Waals surface area contributed by atoms with Crippen molar-refractivity contribution in [3.8, 4) is 0 Å².